The first kappa shape index (κ1) is 23.0. The molecule has 2 aromatic rings. The molecule has 3 N–H and O–H groups in total. The number of benzene rings is 2. The van der Waals surface area contributed by atoms with Crippen LogP contribution in [0.1, 0.15) is 36.8 Å². The molecule has 4 nitrogen and oxygen atoms in total. The maximum Gasteiger partial charge on any atom is 0.240 e. The summed E-state index contributed by atoms with van der Waals surface area (Å²) in [6.45, 7) is 4.01. The molecular formula is C20H28N2O2RuS. The Bertz CT molecular complexity index is 749. The quantitative estimate of drug-likeness (QED) is 0.687. The molecule has 144 valence electrons. The van der Waals surface area contributed by atoms with E-state index in [4.69, 9.17) is 5.73 Å². The van der Waals surface area contributed by atoms with Gasteiger partial charge in [-0.1, -0.05) is 66.4 Å². The molecule has 0 aliphatic heterocycles. The van der Waals surface area contributed by atoms with Crippen LogP contribution in [0.3, 0.4) is 0 Å². The van der Waals surface area contributed by atoms with E-state index in [1.165, 1.54) is 5.56 Å². The zero-order chi connectivity index (χ0) is 18.3. The molecule has 2 aromatic carbocycles. The number of nitrogens with one attached hydrogen (secondary N) is 1. The minimum atomic E-state index is -3.44. The van der Waals surface area contributed by atoms with Gasteiger partial charge in [-0.25, -0.2) is 13.1 Å². The van der Waals surface area contributed by atoms with Gasteiger partial charge in [0.2, 0.25) is 10.0 Å². The second-order valence-corrected chi connectivity index (χ2v) is 8.36. The molecule has 1 aliphatic carbocycles. The van der Waals surface area contributed by atoms with Crippen LogP contribution in [0.4, 0.5) is 0 Å². The first-order valence-electron chi connectivity index (χ1n) is 8.75. The Balaban J connectivity index is 0.000000357. The summed E-state index contributed by atoms with van der Waals surface area (Å²) in [4.78, 5) is 0.311. The molecular weight excluding hydrogens is 433 g/mol. The maximum absolute atomic E-state index is 12.2. The van der Waals surface area contributed by atoms with Gasteiger partial charge in [-0.3, -0.25) is 0 Å². The largest absolute Gasteiger partial charge is 0.326 e. The van der Waals surface area contributed by atoms with Crippen LogP contribution < -0.4 is 10.5 Å². The predicted molar refractivity (Wildman–Crippen MR) is 103 cm³/mol. The van der Waals surface area contributed by atoms with E-state index >= 15 is 0 Å². The van der Waals surface area contributed by atoms with Gasteiger partial charge in [0.05, 0.1) is 4.90 Å². The number of sulfonamides is 1. The van der Waals surface area contributed by atoms with Crippen molar-refractivity contribution in [2.75, 3.05) is 0 Å². The SMILES string of the molecule is Cc1ccc(S(=O)(=O)N[C@@H]2CCCC[C@H]2N)cc1.Cc1ccccc1.[Ru]. The van der Waals surface area contributed by atoms with Crippen LogP contribution in [-0.4, -0.2) is 20.5 Å². The van der Waals surface area contributed by atoms with E-state index in [1.807, 2.05) is 25.1 Å². The summed E-state index contributed by atoms with van der Waals surface area (Å²) in [5.41, 5.74) is 8.33. The van der Waals surface area contributed by atoms with Crippen molar-refractivity contribution in [1.82, 2.24) is 4.72 Å². The first-order chi connectivity index (χ1) is 11.9. The van der Waals surface area contributed by atoms with Gasteiger partial charge in [-0.15, -0.1) is 0 Å². The van der Waals surface area contributed by atoms with Crippen molar-refractivity contribution in [1.29, 1.82) is 0 Å². The molecule has 1 aliphatic rings. The number of hydrogen-bond donors (Lipinski definition) is 2. The molecule has 0 saturated heterocycles. The summed E-state index contributed by atoms with van der Waals surface area (Å²) in [6.07, 6.45) is 3.84. The molecule has 26 heavy (non-hydrogen) atoms. The molecule has 0 aromatic heterocycles. The van der Waals surface area contributed by atoms with E-state index in [2.05, 4.69) is 23.8 Å². The Kier molecular flexibility index (Phi) is 9.66. The van der Waals surface area contributed by atoms with Crippen LogP contribution in [0.5, 0.6) is 0 Å². The number of aryl methyl sites for hydroxylation is 2. The van der Waals surface area contributed by atoms with Crippen molar-refractivity contribution in [3.8, 4) is 0 Å². The maximum atomic E-state index is 12.2. The summed E-state index contributed by atoms with van der Waals surface area (Å²) in [5.74, 6) is 0. The standard InChI is InChI=1S/C13H20N2O2S.C7H8.Ru/c1-10-6-8-11(9-7-10)18(16,17)15-13-5-3-2-4-12(13)14;1-7-5-3-2-4-6-7;/h6-9,12-13,15H,2-5,14H2,1H3;2-6H,1H3;/t12-,13-;;/m1../s1. The van der Waals surface area contributed by atoms with Crippen LogP contribution in [0.15, 0.2) is 59.5 Å². The average Bonchev–Trinajstić information content (AvgIpc) is 2.58. The van der Waals surface area contributed by atoms with Crippen molar-refractivity contribution in [3.05, 3.63) is 65.7 Å². The van der Waals surface area contributed by atoms with Gasteiger partial charge >= 0.3 is 0 Å². The first-order valence-corrected chi connectivity index (χ1v) is 10.2. The second kappa shape index (κ2) is 10.9. The van der Waals surface area contributed by atoms with E-state index in [1.54, 1.807) is 24.3 Å². The van der Waals surface area contributed by atoms with E-state index in [9.17, 15) is 8.42 Å². The summed E-state index contributed by atoms with van der Waals surface area (Å²) in [7, 11) is -3.44. The van der Waals surface area contributed by atoms with Crippen molar-refractivity contribution in [3.63, 3.8) is 0 Å². The molecule has 0 heterocycles. The normalized spacial score (nSPS) is 19.7. The molecule has 3 rings (SSSR count). The zero-order valence-corrected chi connectivity index (χ0v) is 17.9. The van der Waals surface area contributed by atoms with E-state index in [-0.39, 0.29) is 31.6 Å². The van der Waals surface area contributed by atoms with Gasteiger partial charge in [0.1, 0.15) is 0 Å². The fraction of sp³-hybridized carbons (Fsp3) is 0.400. The Morgan fingerprint density at radius 2 is 1.42 bits per heavy atom. The van der Waals surface area contributed by atoms with Gasteiger partial charge in [0.25, 0.3) is 0 Å². The topological polar surface area (TPSA) is 72.2 Å². The Morgan fingerprint density at radius 1 is 0.885 bits per heavy atom. The third-order valence-electron chi connectivity index (χ3n) is 4.40. The van der Waals surface area contributed by atoms with Crippen LogP contribution in [0, 0.1) is 13.8 Å². The Morgan fingerprint density at radius 3 is 1.92 bits per heavy atom. The van der Waals surface area contributed by atoms with Crippen molar-refractivity contribution < 1.29 is 27.9 Å². The summed E-state index contributed by atoms with van der Waals surface area (Å²) in [5, 5.41) is 0. The molecule has 0 spiro atoms. The van der Waals surface area contributed by atoms with Gasteiger partial charge < -0.3 is 5.73 Å². The average molecular weight is 462 g/mol. The molecule has 0 radical (unpaired) electrons. The number of hydrogen-bond acceptors (Lipinski definition) is 3. The zero-order valence-electron chi connectivity index (χ0n) is 15.3. The van der Waals surface area contributed by atoms with Gasteiger partial charge in [-0.2, -0.15) is 0 Å². The molecule has 6 heteroatoms. The van der Waals surface area contributed by atoms with Crippen LogP contribution >= 0.6 is 0 Å². The minimum absolute atomic E-state index is 0. The summed E-state index contributed by atoms with van der Waals surface area (Å²) >= 11 is 0. The summed E-state index contributed by atoms with van der Waals surface area (Å²) < 4.78 is 27.1. The molecule has 1 saturated carbocycles. The van der Waals surface area contributed by atoms with Gasteiger partial charge in [0.15, 0.2) is 0 Å². The number of rotatable bonds is 3. The van der Waals surface area contributed by atoms with E-state index in [0.29, 0.717) is 4.90 Å². The molecule has 2 atom stereocenters. The van der Waals surface area contributed by atoms with Crippen molar-refractivity contribution in [2.24, 2.45) is 5.73 Å². The number of nitrogens with two attached hydrogens (primary N) is 1. The minimum Gasteiger partial charge on any atom is -0.326 e. The second-order valence-electron chi connectivity index (χ2n) is 6.64. The third kappa shape index (κ3) is 7.28. The van der Waals surface area contributed by atoms with Crippen LogP contribution in [0.25, 0.3) is 0 Å². The molecule has 0 bridgehead atoms. The van der Waals surface area contributed by atoms with Crippen LogP contribution in [-0.2, 0) is 29.5 Å². The molecule has 0 unspecified atom stereocenters. The molecule has 0 amide bonds. The fourth-order valence-electron chi connectivity index (χ4n) is 2.82. The summed E-state index contributed by atoms with van der Waals surface area (Å²) in [6, 6.07) is 16.9. The third-order valence-corrected chi connectivity index (χ3v) is 5.90. The smallest absolute Gasteiger partial charge is 0.240 e. The van der Waals surface area contributed by atoms with Crippen molar-refractivity contribution in [2.45, 2.75) is 56.5 Å². The van der Waals surface area contributed by atoms with Crippen LogP contribution in [0.2, 0.25) is 0 Å². The van der Waals surface area contributed by atoms with E-state index in [0.717, 1.165) is 31.2 Å². The van der Waals surface area contributed by atoms with Gasteiger partial charge in [-0.05, 0) is 38.8 Å². The van der Waals surface area contributed by atoms with E-state index < -0.39 is 10.0 Å². The fourth-order valence-corrected chi connectivity index (χ4v) is 4.15. The Hall–Kier alpha value is -1.07. The van der Waals surface area contributed by atoms with Crippen molar-refractivity contribution >= 4 is 10.0 Å². The monoisotopic (exact) mass is 462 g/mol. The van der Waals surface area contributed by atoms with Gasteiger partial charge in [0, 0.05) is 31.6 Å². The Labute approximate surface area is 170 Å². The predicted octanol–water partition coefficient (Wildman–Crippen LogP) is 3.54. The molecule has 1 fully saturated rings.